The first kappa shape index (κ1) is 72.6. The lowest BCUT2D eigenvalue weighted by molar-refractivity contribution is -0.928. The minimum absolute atomic E-state index is 0.0255. The van der Waals surface area contributed by atoms with Crippen LogP contribution >= 0.6 is 0 Å². The van der Waals surface area contributed by atoms with Crippen LogP contribution in [0.25, 0.3) is 0 Å². The van der Waals surface area contributed by atoms with Crippen molar-refractivity contribution in [3.63, 3.8) is 0 Å². The maximum Gasteiger partial charge on any atom is 0.305 e. The van der Waals surface area contributed by atoms with Gasteiger partial charge in [0.15, 0.2) is 0 Å². The Morgan fingerprint density at radius 2 is 0.895 bits per heavy atom. The highest BCUT2D eigenvalue weighted by Crippen LogP contribution is 2.35. The van der Waals surface area contributed by atoms with Crippen molar-refractivity contribution < 1.29 is 77.2 Å². The van der Waals surface area contributed by atoms with Crippen molar-refractivity contribution in [3.8, 4) is 23.0 Å². The molecule has 0 saturated carbocycles. The molecule has 3 saturated heterocycles. The van der Waals surface area contributed by atoms with Gasteiger partial charge in [-0.3, -0.25) is 25.2 Å². The fourth-order valence-electron chi connectivity index (χ4n) is 9.29. The Hall–Kier alpha value is -5.91. The molecule has 2 amide bonds. The number of epoxide rings is 2. The number of aliphatic hydroxyl groups is 4. The molecule has 4 aromatic carbocycles. The van der Waals surface area contributed by atoms with Crippen LogP contribution in [0.5, 0.6) is 23.0 Å². The summed E-state index contributed by atoms with van der Waals surface area (Å²) >= 11 is 0. The summed E-state index contributed by atoms with van der Waals surface area (Å²) in [5, 5.41) is 40.4. The first-order chi connectivity index (χ1) is 40.8. The van der Waals surface area contributed by atoms with Crippen LogP contribution in [0, 0.1) is 0 Å². The third kappa shape index (κ3) is 29.7. The van der Waals surface area contributed by atoms with Crippen LogP contribution in [0.2, 0.25) is 0 Å². The summed E-state index contributed by atoms with van der Waals surface area (Å²) in [7, 11) is 10.8. The lowest BCUT2D eigenvalue weighted by Gasteiger charge is -2.31. The molecule has 4 unspecified atom stereocenters. The van der Waals surface area contributed by atoms with Crippen LogP contribution in [0.4, 0.5) is 0 Å². The molecule has 20 heteroatoms. The zero-order chi connectivity index (χ0) is 63.2. The maximum atomic E-state index is 12.2. The third-order valence-electron chi connectivity index (χ3n) is 14.5. The molecule has 7 rings (SSSR count). The number of hydrazine groups is 1. The second-order valence-electron chi connectivity index (χ2n) is 24.7. The number of hydrogen-bond donors (Lipinski definition) is 7. The molecule has 0 aromatic heterocycles. The third-order valence-corrected chi connectivity index (χ3v) is 14.5. The smallest absolute Gasteiger partial charge is 0.305 e. The summed E-state index contributed by atoms with van der Waals surface area (Å²) in [6.07, 6.45) is 8.00. The SMILES string of the molecule is CC(C)(c1ccc(OCC(O)C[N+](C)(C)NC(=O)CCCCCO)cc1)c1ccc(OCC(O)C[N+](C)(C)NC(=O)CCCCCO)cc1.CC(C)(c1ccc(OCC2CO2)cc1)c1ccc(OCC2CO2)cc1.CN(C)N.O=C1CCCCCO1. The number of nitrogens with zero attached hydrogens (tertiary/aromatic N) is 3. The molecular weight excluding hydrogens is 1100 g/mol. The van der Waals surface area contributed by atoms with Crippen molar-refractivity contribution in [1.29, 1.82) is 0 Å². The van der Waals surface area contributed by atoms with Gasteiger partial charge >= 0.3 is 5.97 Å². The van der Waals surface area contributed by atoms with Gasteiger partial charge in [0.1, 0.15) is 86.9 Å². The molecule has 3 fully saturated rings. The second-order valence-corrected chi connectivity index (χ2v) is 24.7. The number of carbonyl (C=O) groups excluding carboxylic acids is 3. The van der Waals surface area contributed by atoms with E-state index in [0.717, 1.165) is 67.9 Å². The normalized spacial score (nSPS) is 16.4. The van der Waals surface area contributed by atoms with Crippen molar-refractivity contribution in [2.24, 2.45) is 5.84 Å². The number of carbonyl (C=O) groups is 3. The molecule has 0 radical (unpaired) electrons. The predicted molar refractivity (Wildman–Crippen MR) is 332 cm³/mol. The average Bonchev–Trinajstić information content (AvgIpc) is 3.53. The highest BCUT2D eigenvalue weighted by Gasteiger charge is 2.29. The number of unbranched alkanes of at least 4 members (excludes halogenated alkanes) is 4. The molecule has 8 N–H and O–H groups in total. The summed E-state index contributed by atoms with van der Waals surface area (Å²) in [6, 6.07) is 32.3. The van der Waals surface area contributed by atoms with Crippen molar-refractivity contribution in [3.05, 3.63) is 119 Å². The quantitative estimate of drug-likeness (QED) is 0.00655. The van der Waals surface area contributed by atoms with E-state index in [2.05, 4.69) is 62.8 Å². The fourth-order valence-corrected chi connectivity index (χ4v) is 9.29. The number of amides is 2. The summed E-state index contributed by atoms with van der Waals surface area (Å²) in [4.78, 5) is 34.9. The molecular formula is C66H104N6O14+2. The molecule has 0 bridgehead atoms. The number of quaternary nitrogens is 2. The Labute approximate surface area is 511 Å². The highest BCUT2D eigenvalue weighted by molar-refractivity contribution is 5.75. The number of nitrogens with two attached hydrogens (primary N) is 1. The van der Waals surface area contributed by atoms with Gasteiger partial charge in [0, 0.05) is 57.4 Å². The van der Waals surface area contributed by atoms with E-state index in [1.165, 1.54) is 16.1 Å². The molecule has 86 heavy (non-hydrogen) atoms. The summed E-state index contributed by atoms with van der Waals surface area (Å²) in [5.74, 6) is 7.80. The van der Waals surface area contributed by atoms with Crippen molar-refractivity contribution in [2.45, 2.75) is 140 Å². The second kappa shape index (κ2) is 37.1. The summed E-state index contributed by atoms with van der Waals surface area (Å²) < 4.78 is 38.5. The van der Waals surface area contributed by atoms with E-state index in [4.69, 9.17) is 49.2 Å². The highest BCUT2D eigenvalue weighted by atomic mass is 16.6. The van der Waals surface area contributed by atoms with E-state index in [-0.39, 0.29) is 89.5 Å². The number of nitrogens with one attached hydrogen (secondary N) is 2. The lowest BCUT2D eigenvalue weighted by Crippen LogP contribution is -2.58. The first-order valence-corrected chi connectivity index (χ1v) is 30.4. The zero-order valence-electron chi connectivity index (χ0n) is 53.1. The minimum atomic E-state index is -0.785. The molecule has 4 atom stereocenters. The Morgan fingerprint density at radius 3 is 1.21 bits per heavy atom. The molecule has 4 aromatic rings. The van der Waals surface area contributed by atoms with E-state index >= 15 is 0 Å². The van der Waals surface area contributed by atoms with Crippen LogP contribution in [0.1, 0.15) is 127 Å². The zero-order valence-corrected chi connectivity index (χ0v) is 53.1. The maximum absolute atomic E-state index is 12.2. The monoisotopic (exact) mass is 1200 g/mol. The van der Waals surface area contributed by atoms with E-state index in [1.807, 2.05) is 101 Å². The number of likely N-dealkylation sites (N-methyl/N-ethyl adjacent to an activating group) is 2. The van der Waals surface area contributed by atoms with Gasteiger partial charge in [0.05, 0.1) is 48.0 Å². The van der Waals surface area contributed by atoms with Crippen LogP contribution in [-0.2, 0) is 39.4 Å². The van der Waals surface area contributed by atoms with E-state index in [0.29, 0.717) is 76.3 Å². The molecule has 3 aliphatic rings. The van der Waals surface area contributed by atoms with Gasteiger partial charge < -0.3 is 53.6 Å². The van der Waals surface area contributed by atoms with Crippen LogP contribution < -0.4 is 35.6 Å². The first-order valence-electron chi connectivity index (χ1n) is 30.4. The molecule has 480 valence electrons. The number of ether oxygens (including phenoxy) is 7. The number of benzene rings is 4. The molecule has 3 aliphatic heterocycles. The fraction of sp³-hybridized carbons (Fsp3) is 0.591. The van der Waals surface area contributed by atoms with Gasteiger partial charge in [-0.1, -0.05) is 89.1 Å². The van der Waals surface area contributed by atoms with E-state index in [1.54, 1.807) is 14.1 Å². The van der Waals surface area contributed by atoms with E-state index in [9.17, 15) is 24.6 Å². The van der Waals surface area contributed by atoms with Crippen LogP contribution in [0.3, 0.4) is 0 Å². The number of esters is 1. The van der Waals surface area contributed by atoms with Gasteiger partial charge in [0.2, 0.25) is 0 Å². The molecule has 0 spiro atoms. The summed E-state index contributed by atoms with van der Waals surface area (Å²) in [6.45, 7) is 13.3. The number of hydrogen-bond acceptors (Lipinski definition) is 16. The van der Waals surface area contributed by atoms with Gasteiger partial charge in [-0.25, -0.2) is 20.0 Å². The standard InChI is InChI=1S/C37H60N4O8.C21H24O4.C6H10O2.C2H8N2/c1-37(2,29-15-19-33(20-16-29)48-27-31(44)25-40(3,4)38-35(46)13-9-7-11-23-42)30-17-21-34(22-18-30)49-28-32(45)26-41(5,6)39-36(47)14-10-8-12-24-43;1-21(2,15-3-7-17(8-4-15)22-11-19-13-24-19)16-5-9-18(10-6-16)23-12-20-14-25-20;7-6-4-2-1-3-5-8-6;1-4(2)3/h15-22,31-32,42-45H,7-14,23-28H2,1-6H3;3-10,19-20H,11-14H2,1-2H3;1-5H2;3H2,1-2H3/p+2. The Kier molecular flexibility index (Phi) is 31.3. The lowest BCUT2D eigenvalue weighted by atomic mass is 9.78. The molecule has 3 heterocycles. The predicted octanol–water partition coefficient (Wildman–Crippen LogP) is 6.91. The largest absolute Gasteiger partial charge is 0.491 e. The van der Waals surface area contributed by atoms with Gasteiger partial charge in [-0.15, -0.1) is 0 Å². The number of cyclic esters (lactones) is 1. The topological polar surface area (TPSA) is 257 Å². The average molecular weight is 1210 g/mol. The Morgan fingerprint density at radius 1 is 0.570 bits per heavy atom. The van der Waals surface area contributed by atoms with Crippen molar-refractivity contribution in [1.82, 2.24) is 15.9 Å². The van der Waals surface area contributed by atoms with Gasteiger partial charge in [-0.05, 0) is 116 Å². The Bertz CT molecular complexity index is 2370. The van der Waals surface area contributed by atoms with Crippen molar-refractivity contribution in [2.75, 3.05) is 115 Å². The van der Waals surface area contributed by atoms with Crippen molar-refractivity contribution >= 4 is 17.8 Å². The molecule has 0 aliphatic carbocycles. The van der Waals surface area contributed by atoms with Gasteiger partial charge in [0.25, 0.3) is 11.8 Å². The minimum Gasteiger partial charge on any atom is -0.491 e. The summed E-state index contributed by atoms with van der Waals surface area (Å²) in [5.41, 5.74) is 10.1. The number of aliphatic hydroxyl groups excluding tert-OH is 4. The van der Waals surface area contributed by atoms with E-state index < -0.39 is 12.2 Å². The van der Waals surface area contributed by atoms with Crippen LogP contribution in [0.15, 0.2) is 97.1 Å². The van der Waals surface area contributed by atoms with Crippen LogP contribution in [-0.4, -0.2) is 192 Å². The Balaban J connectivity index is 0.000000347. The van der Waals surface area contributed by atoms with Gasteiger partial charge in [-0.2, -0.15) is 0 Å². The molecule has 20 nitrogen and oxygen atoms in total. The number of rotatable bonds is 32.